The topological polar surface area (TPSA) is 70.2 Å². The maximum Gasteiger partial charge on any atom is 0.343 e. The van der Waals surface area contributed by atoms with Gasteiger partial charge in [0, 0.05) is 0 Å². The van der Waals surface area contributed by atoms with Crippen molar-refractivity contribution in [3.63, 3.8) is 0 Å². The van der Waals surface area contributed by atoms with Gasteiger partial charge in [0.1, 0.15) is 12.2 Å². The molecule has 0 radical (unpaired) electrons. The highest BCUT2D eigenvalue weighted by Crippen LogP contribution is 2.37. The molecule has 1 heterocycles. The van der Waals surface area contributed by atoms with Crippen molar-refractivity contribution in [1.82, 2.24) is 9.78 Å². The van der Waals surface area contributed by atoms with Gasteiger partial charge in [-0.15, -0.1) is 11.5 Å². The van der Waals surface area contributed by atoms with Crippen molar-refractivity contribution in [1.29, 1.82) is 0 Å². The summed E-state index contributed by atoms with van der Waals surface area (Å²) in [5.74, 6) is 1.28. The second-order valence-corrected chi connectivity index (χ2v) is 11.1. The number of hydrogen-bond donors (Lipinski definition) is 0. The fourth-order valence-corrected chi connectivity index (χ4v) is 2.35. The Bertz CT molecular complexity index is 572. The van der Waals surface area contributed by atoms with E-state index in [1.165, 1.54) is 0 Å². The van der Waals surface area contributed by atoms with Crippen LogP contribution in [-0.2, 0) is 4.43 Å². The summed E-state index contributed by atoms with van der Waals surface area (Å²) >= 11 is 0. The van der Waals surface area contributed by atoms with Gasteiger partial charge in [0.05, 0.1) is 11.5 Å². The van der Waals surface area contributed by atoms with Crippen molar-refractivity contribution in [2.24, 2.45) is 0 Å². The summed E-state index contributed by atoms with van der Waals surface area (Å²) in [6.07, 6.45) is 6.41. The van der Waals surface area contributed by atoms with Crippen LogP contribution in [0.2, 0.25) is 18.1 Å². The molecule has 6 nitrogen and oxygen atoms in total. The van der Waals surface area contributed by atoms with Crippen LogP contribution in [0.5, 0.6) is 0 Å². The minimum absolute atomic E-state index is 0.00745. The highest BCUT2D eigenvalue weighted by Gasteiger charge is 2.37. The molecule has 1 aromatic rings. The van der Waals surface area contributed by atoms with Crippen LogP contribution in [0.1, 0.15) is 26.8 Å². The van der Waals surface area contributed by atoms with E-state index in [1.807, 2.05) is 0 Å². The summed E-state index contributed by atoms with van der Waals surface area (Å²) in [5, 5.41) is 14.1. The molecule has 0 N–H and O–H groups in total. The molecule has 8 heteroatoms. The maximum atomic E-state index is 13.3. The fraction of sp³-hybridized carbons (Fsp3) is 0.615. The lowest BCUT2D eigenvalue weighted by atomic mass is 10.2. The molecule has 0 amide bonds. The lowest BCUT2D eigenvalue weighted by Crippen LogP contribution is -2.42. The molecular formula is C13H20FN3O3Si. The first-order valence-electron chi connectivity index (χ1n) is 6.48. The molecule has 1 rings (SSSR count). The molecule has 1 aromatic heterocycles. The van der Waals surface area contributed by atoms with Gasteiger partial charge in [0.15, 0.2) is 8.32 Å². The normalized spacial score (nSPS) is 13.8. The van der Waals surface area contributed by atoms with Crippen LogP contribution in [0.15, 0.2) is 6.20 Å². The number of rotatable bonds is 5. The standard InChI is InChI=1S/C13H20FN3O3Si/c1-7-10(9-20-21(5,6)13(2,3)4)16-8-11(17(18)19)12(14)15-16/h1,8,10H,9H2,2-6H3. The van der Waals surface area contributed by atoms with Gasteiger partial charge in [-0.25, -0.2) is 4.68 Å². The van der Waals surface area contributed by atoms with E-state index in [9.17, 15) is 14.5 Å². The van der Waals surface area contributed by atoms with E-state index < -0.39 is 30.9 Å². The third-order valence-electron chi connectivity index (χ3n) is 3.79. The van der Waals surface area contributed by atoms with Gasteiger partial charge in [-0.1, -0.05) is 26.7 Å². The largest absolute Gasteiger partial charge is 0.414 e. The Balaban J connectivity index is 2.89. The van der Waals surface area contributed by atoms with Crippen molar-refractivity contribution in [2.45, 2.75) is 44.9 Å². The van der Waals surface area contributed by atoms with E-state index in [0.717, 1.165) is 10.9 Å². The molecule has 0 saturated carbocycles. The number of halogens is 1. The lowest BCUT2D eigenvalue weighted by Gasteiger charge is -2.36. The van der Waals surface area contributed by atoms with Gasteiger partial charge in [-0.2, -0.15) is 4.39 Å². The average molecular weight is 313 g/mol. The Morgan fingerprint density at radius 1 is 1.62 bits per heavy atom. The molecular weight excluding hydrogens is 293 g/mol. The third kappa shape index (κ3) is 3.89. The lowest BCUT2D eigenvalue weighted by molar-refractivity contribution is -0.387. The first-order chi connectivity index (χ1) is 9.49. The van der Waals surface area contributed by atoms with Gasteiger partial charge < -0.3 is 4.43 Å². The Kier molecular flexibility index (Phi) is 4.91. The number of nitrogens with zero attached hydrogens (tertiary/aromatic N) is 3. The number of hydrogen-bond acceptors (Lipinski definition) is 4. The molecule has 0 aromatic carbocycles. The zero-order chi connectivity index (χ0) is 16.4. The summed E-state index contributed by atoms with van der Waals surface area (Å²) in [5.41, 5.74) is -0.692. The molecule has 0 aliphatic rings. The van der Waals surface area contributed by atoms with Crippen LogP contribution in [0.25, 0.3) is 0 Å². The van der Waals surface area contributed by atoms with Crippen LogP contribution in [0, 0.1) is 28.4 Å². The zero-order valence-corrected chi connectivity index (χ0v) is 13.9. The first-order valence-corrected chi connectivity index (χ1v) is 9.39. The smallest absolute Gasteiger partial charge is 0.343 e. The van der Waals surface area contributed by atoms with E-state index >= 15 is 0 Å². The summed E-state index contributed by atoms with van der Waals surface area (Å²) < 4.78 is 20.4. The molecule has 0 spiro atoms. The molecule has 0 aliphatic carbocycles. The Labute approximate surface area is 124 Å². The van der Waals surface area contributed by atoms with E-state index in [2.05, 4.69) is 44.9 Å². The second kappa shape index (κ2) is 5.95. The molecule has 0 fully saturated rings. The minimum atomic E-state index is -2.01. The Morgan fingerprint density at radius 2 is 2.19 bits per heavy atom. The summed E-state index contributed by atoms with van der Waals surface area (Å²) in [6.45, 7) is 10.5. The maximum absolute atomic E-state index is 13.3. The molecule has 0 aliphatic heterocycles. The SMILES string of the molecule is C#CC(CO[Si](C)(C)C(C)(C)C)n1cc([N+](=O)[O-])c(F)n1. The summed E-state index contributed by atoms with van der Waals surface area (Å²) in [6, 6.07) is -0.678. The van der Waals surface area contributed by atoms with Crippen LogP contribution in [0.4, 0.5) is 10.1 Å². The quantitative estimate of drug-likeness (QED) is 0.362. The Morgan fingerprint density at radius 3 is 2.57 bits per heavy atom. The fourth-order valence-electron chi connectivity index (χ4n) is 1.35. The van der Waals surface area contributed by atoms with Crippen LogP contribution in [0.3, 0.4) is 0 Å². The van der Waals surface area contributed by atoms with E-state index in [0.29, 0.717) is 0 Å². The van der Waals surface area contributed by atoms with E-state index in [4.69, 9.17) is 10.8 Å². The number of nitro groups is 1. The highest BCUT2D eigenvalue weighted by molar-refractivity contribution is 6.74. The highest BCUT2D eigenvalue weighted by atomic mass is 28.4. The second-order valence-electron chi connectivity index (χ2n) is 6.30. The molecule has 1 atom stereocenters. The van der Waals surface area contributed by atoms with Crippen molar-refractivity contribution >= 4 is 14.0 Å². The first kappa shape index (κ1) is 17.3. The number of terminal acetylenes is 1. The van der Waals surface area contributed by atoms with Crippen LogP contribution >= 0.6 is 0 Å². The zero-order valence-electron chi connectivity index (χ0n) is 12.9. The van der Waals surface area contributed by atoms with Gasteiger partial charge in [0.2, 0.25) is 0 Å². The number of aromatic nitrogens is 2. The Hall–Kier alpha value is -1.72. The van der Waals surface area contributed by atoms with Crippen molar-refractivity contribution in [3.8, 4) is 12.3 Å². The molecule has 0 bridgehead atoms. The van der Waals surface area contributed by atoms with Gasteiger partial charge >= 0.3 is 11.6 Å². The van der Waals surface area contributed by atoms with Gasteiger partial charge in [-0.05, 0) is 18.1 Å². The molecule has 1 unspecified atom stereocenters. The summed E-state index contributed by atoms with van der Waals surface area (Å²) in [4.78, 5) is 9.80. The molecule has 0 saturated heterocycles. The van der Waals surface area contributed by atoms with Crippen molar-refractivity contribution in [2.75, 3.05) is 6.61 Å². The van der Waals surface area contributed by atoms with Crippen LogP contribution < -0.4 is 0 Å². The third-order valence-corrected chi connectivity index (χ3v) is 8.29. The average Bonchev–Trinajstić information content (AvgIpc) is 2.70. The molecule has 21 heavy (non-hydrogen) atoms. The molecule has 116 valence electrons. The van der Waals surface area contributed by atoms with E-state index in [-0.39, 0.29) is 11.6 Å². The van der Waals surface area contributed by atoms with Gasteiger partial charge in [-0.3, -0.25) is 10.1 Å². The van der Waals surface area contributed by atoms with E-state index in [1.54, 1.807) is 0 Å². The van der Waals surface area contributed by atoms with Gasteiger partial charge in [0.25, 0.3) is 0 Å². The monoisotopic (exact) mass is 313 g/mol. The minimum Gasteiger partial charge on any atom is -0.414 e. The van der Waals surface area contributed by atoms with Crippen LogP contribution in [-0.4, -0.2) is 29.6 Å². The predicted molar refractivity (Wildman–Crippen MR) is 79.9 cm³/mol. The van der Waals surface area contributed by atoms with Crippen molar-refractivity contribution in [3.05, 3.63) is 22.3 Å². The predicted octanol–water partition coefficient (Wildman–Crippen LogP) is 3.13. The summed E-state index contributed by atoms with van der Waals surface area (Å²) in [7, 11) is -2.01. The van der Waals surface area contributed by atoms with Crippen molar-refractivity contribution < 1.29 is 13.7 Å².